The summed E-state index contributed by atoms with van der Waals surface area (Å²) in [5, 5.41) is 2.20. The van der Waals surface area contributed by atoms with Crippen molar-refractivity contribution in [3.05, 3.63) is 58.3 Å². The minimum Gasteiger partial charge on any atom is -0.303 e. The van der Waals surface area contributed by atoms with Gasteiger partial charge >= 0.3 is 0 Å². The largest absolute Gasteiger partial charge is 0.303 e. The van der Waals surface area contributed by atoms with Gasteiger partial charge in [-0.25, -0.2) is 0 Å². The maximum absolute atomic E-state index is 2.56. The fourth-order valence-corrected chi connectivity index (χ4v) is 4.17. The molecule has 1 fully saturated rings. The second kappa shape index (κ2) is 6.55. The lowest BCUT2D eigenvalue weighted by atomic mass is 9.87. The Morgan fingerprint density at radius 1 is 1.15 bits per heavy atom. The first-order valence-corrected chi connectivity index (χ1v) is 8.51. The Bertz CT molecular complexity index is 505. The fraction of sp³-hybridized carbons (Fsp3) is 0.444. The normalized spacial score (nSPS) is 21.8. The molecule has 2 aromatic rings. The Labute approximate surface area is 126 Å². The molecule has 1 aromatic carbocycles. The molecule has 20 heavy (non-hydrogen) atoms. The summed E-state index contributed by atoms with van der Waals surface area (Å²) >= 11 is 1.90. The van der Waals surface area contributed by atoms with Gasteiger partial charge in [-0.05, 0) is 49.9 Å². The molecule has 1 saturated heterocycles. The van der Waals surface area contributed by atoms with Gasteiger partial charge < -0.3 is 4.90 Å². The molecule has 0 aliphatic carbocycles. The van der Waals surface area contributed by atoms with Gasteiger partial charge in [-0.3, -0.25) is 0 Å². The molecule has 2 heteroatoms. The minimum absolute atomic E-state index is 0.557. The Morgan fingerprint density at radius 3 is 2.70 bits per heavy atom. The van der Waals surface area contributed by atoms with Crippen LogP contribution in [0.3, 0.4) is 0 Å². The zero-order valence-electron chi connectivity index (χ0n) is 12.2. The summed E-state index contributed by atoms with van der Waals surface area (Å²) in [6.07, 6.45) is 5.36. The highest BCUT2D eigenvalue weighted by Crippen LogP contribution is 2.35. The summed E-state index contributed by atoms with van der Waals surface area (Å²) in [5.41, 5.74) is 1.47. The molecule has 1 aliphatic rings. The standard InChI is InChI=1S/C18H23NS/c1-19-12-6-5-10-16(19)14-17(18-11-7-13-20-18)15-8-3-2-4-9-15/h2-4,7-9,11,13,16-17H,5-6,10,12,14H2,1H3. The zero-order chi connectivity index (χ0) is 13.8. The summed E-state index contributed by atoms with van der Waals surface area (Å²) in [7, 11) is 2.29. The van der Waals surface area contributed by atoms with E-state index in [0.29, 0.717) is 5.92 Å². The van der Waals surface area contributed by atoms with Crippen molar-refractivity contribution in [3.63, 3.8) is 0 Å². The van der Waals surface area contributed by atoms with Crippen LogP contribution in [-0.2, 0) is 0 Å². The van der Waals surface area contributed by atoms with E-state index in [1.165, 1.54) is 42.7 Å². The van der Waals surface area contributed by atoms with E-state index in [2.05, 4.69) is 59.8 Å². The highest BCUT2D eigenvalue weighted by molar-refractivity contribution is 7.10. The van der Waals surface area contributed by atoms with Crippen LogP contribution in [0.5, 0.6) is 0 Å². The van der Waals surface area contributed by atoms with Crippen LogP contribution in [0.2, 0.25) is 0 Å². The van der Waals surface area contributed by atoms with Gasteiger partial charge in [-0.1, -0.05) is 42.8 Å². The van der Waals surface area contributed by atoms with E-state index in [1.807, 2.05) is 11.3 Å². The van der Waals surface area contributed by atoms with Crippen LogP contribution in [0, 0.1) is 0 Å². The van der Waals surface area contributed by atoms with E-state index >= 15 is 0 Å². The number of hydrogen-bond donors (Lipinski definition) is 0. The lowest BCUT2D eigenvalue weighted by molar-refractivity contribution is 0.172. The molecule has 0 bridgehead atoms. The highest BCUT2D eigenvalue weighted by Gasteiger charge is 2.25. The van der Waals surface area contributed by atoms with Gasteiger partial charge in [0.15, 0.2) is 0 Å². The number of benzene rings is 1. The minimum atomic E-state index is 0.557. The second-order valence-electron chi connectivity index (χ2n) is 5.84. The lowest BCUT2D eigenvalue weighted by Crippen LogP contribution is -2.37. The molecular weight excluding hydrogens is 262 g/mol. The van der Waals surface area contributed by atoms with Crippen molar-refractivity contribution < 1.29 is 0 Å². The molecule has 0 amide bonds. The number of piperidine rings is 1. The van der Waals surface area contributed by atoms with E-state index in [4.69, 9.17) is 0 Å². The SMILES string of the molecule is CN1CCCCC1CC(c1ccccc1)c1cccs1. The summed E-state index contributed by atoms with van der Waals surface area (Å²) in [6, 6.07) is 16.2. The van der Waals surface area contributed by atoms with Crippen molar-refractivity contribution in [2.75, 3.05) is 13.6 Å². The molecule has 0 saturated carbocycles. The summed E-state index contributed by atoms with van der Waals surface area (Å²) in [6.45, 7) is 1.26. The molecule has 1 nitrogen and oxygen atoms in total. The fourth-order valence-electron chi connectivity index (χ4n) is 3.31. The van der Waals surface area contributed by atoms with Gasteiger partial charge in [0.1, 0.15) is 0 Å². The van der Waals surface area contributed by atoms with E-state index in [0.717, 1.165) is 6.04 Å². The first-order valence-electron chi connectivity index (χ1n) is 7.63. The summed E-state index contributed by atoms with van der Waals surface area (Å²) in [5.74, 6) is 0.557. The van der Waals surface area contributed by atoms with Crippen molar-refractivity contribution in [3.8, 4) is 0 Å². The third kappa shape index (κ3) is 3.13. The van der Waals surface area contributed by atoms with Gasteiger partial charge in [0.2, 0.25) is 0 Å². The highest BCUT2D eigenvalue weighted by atomic mass is 32.1. The number of likely N-dealkylation sites (tertiary alicyclic amines) is 1. The third-order valence-electron chi connectivity index (χ3n) is 4.52. The maximum Gasteiger partial charge on any atom is 0.0198 e. The van der Waals surface area contributed by atoms with E-state index in [1.54, 1.807) is 0 Å². The van der Waals surface area contributed by atoms with Crippen molar-refractivity contribution in [1.82, 2.24) is 4.90 Å². The van der Waals surface area contributed by atoms with Crippen molar-refractivity contribution in [2.45, 2.75) is 37.6 Å². The Morgan fingerprint density at radius 2 is 2.00 bits per heavy atom. The number of hydrogen-bond acceptors (Lipinski definition) is 2. The zero-order valence-corrected chi connectivity index (χ0v) is 13.0. The molecule has 2 atom stereocenters. The predicted molar refractivity (Wildman–Crippen MR) is 87.5 cm³/mol. The van der Waals surface area contributed by atoms with Crippen molar-refractivity contribution in [1.29, 1.82) is 0 Å². The van der Waals surface area contributed by atoms with Crippen LogP contribution in [0.25, 0.3) is 0 Å². The Hall–Kier alpha value is -1.12. The molecule has 0 N–H and O–H groups in total. The second-order valence-corrected chi connectivity index (χ2v) is 6.82. The lowest BCUT2D eigenvalue weighted by Gasteiger charge is -2.35. The molecule has 2 unspecified atom stereocenters. The average Bonchev–Trinajstić information content (AvgIpc) is 3.01. The van der Waals surface area contributed by atoms with E-state index < -0.39 is 0 Å². The van der Waals surface area contributed by atoms with Gasteiger partial charge in [0.25, 0.3) is 0 Å². The molecule has 0 radical (unpaired) electrons. The predicted octanol–water partition coefficient (Wildman–Crippen LogP) is 4.75. The number of rotatable bonds is 4. The van der Waals surface area contributed by atoms with Crippen LogP contribution < -0.4 is 0 Å². The van der Waals surface area contributed by atoms with Crippen LogP contribution in [0.4, 0.5) is 0 Å². The molecule has 1 aromatic heterocycles. The quantitative estimate of drug-likeness (QED) is 0.783. The summed E-state index contributed by atoms with van der Waals surface area (Å²) in [4.78, 5) is 4.07. The van der Waals surface area contributed by atoms with Gasteiger partial charge in [-0.15, -0.1) is 11.3 Å². The van der Waals surface area contributed by atoms with Gasteiger partial charge in [-0.2, -0.15) is 0 Å². The van der Waals surface area contributed by atoms with E-state index in [9.17, 15) is 0 Å². The molecule has 1 aliphatic heterocycles. The molecule has 2 heterocycles. The molecular formula is C18H23NS. The van der Waals surface area contributed by atoms with Crippen LogP contribution in [0.1, 0.15) is 42.0 Å². The molecule has 3 rings (SSSR count). The summed E-state index contributed by atoms with van der Waals surface area (Å²) < 4.78 is 0. The molecule has 0 spiro atoms. The van der Waals surface area contributed by atoms with Crippen LogP contribution in [0.15, 0.2) is 47.8 Å². The third-order valence-corrected chi connectivity index (χ3v) is 5.50. The number of thiophene rings is 1. The number of nitrogens with zero attached hydrogens (tertiary/aromatic N) is 1. The maximum atomic E-state index is 2.56. The topological polar surface area (TPSA) is 3.24 Å². The van der Waals surface area contributed by atoms with Crippen molar-refractivity contribution in [2.24, 2.45) is 0 Å². The first kappa shape index (κ1) is 13.8. The first-order chi connectivity index (χ1) is 9.84. The van der Waals surface area contributed by atoms with Crippen LogP contribution in [-0.4, -0.2) is 24.5 Å². The van der Waals surface area contributed by atoms with E-state index in [-0.39, 0.29) is 0 Å². The monoisotopic (exact) mass is 285 g/mol. The Kier molecular flexibility index (Phi) is 4.54. The van der Waals surface area contributed by atoms with Crippen LogP contribution >= 0.6 is 11.3 Å². The Balaban J connectivity index is 1.83. The average molecular weight is 285 g/mol. The molecule has 106 valence electrons. The smallest absolute Gasteiger partial charge is 0.0198 e. The van der Waals surface area contributed by atoms with Gasteiger partial charge in [0.05, 0.1) is 0 Å². The van der Waals surface area contributed by atoms with Gasteiger partial charge in [0, 0.05) is 16.8 Å². The van der Waals surface area contributed by atoms with Crippen molar-refractivity contribution >= 4 is 11.3 Å².